The van der Waals surface area contributed by atoms with E-state index in [2.05, 4.69) is 86.2 Å². The number of amides is 3. The number of benzene rings is 3. The normalized spacial score (nSPS) is 22.5. The fourth-order valence-electron chi connectivity index (χ4n) is 12.6. The zero-order valence-corrected chi connectivity index (χ0v) is 48.2. The second-order valence-electron chi connectivity index (χ2n) is 25.2. The highest BCUT2D eigenvalue weighted by Gasteiger charge is 2.49. The summed E-state index contributed by atoms with van der Waals surface area (Å²) in [4.78, 5) is 62.7. The number of aromatic nitrogens is 2. The molecular weight excluding hydrogens is 1020 g/mol. The molecule has 1 aromatic heterocycles. The number of imide groups is 1. The molecule has 14 nitrogen and oxygen atoms in total. The summed E-state index contributed by atoms with van der Waals surface area (Å²) in [5.41, 5.74) is 4.01. The Labute approximate surface area is 459 Å². The van der Waals surface area contributed by atoms with E-state index in [1.54, 1.807) is 23.8 Å². The minimum Gasteiger partial charge on any atom is -0.497 e. The van der Waals surface area contributed by atoms with Gasteiger partial charge in [-0.3, -0.25) is 38.2 Å². The van der Waals surface area contributed by atoms with Crippen LogP contribution in [0.25, 0.3) is 16.6 Å². The number of nitrogens with one attached hydrogen (secondary N) is 1. The van der Waals surface area contributed by atoms with Gasteiger partial charge < -0.3 is 24.4 Å². The van der Waals surface area contributed by atoms with E-state index in [0.717, 1.165) is 85.1 Å². The first-order valence-corrected chi connectivity index (χ1v) is 32.0. The number of hydrogen-bond donors (Lipinski definition) is 1. The van der Waals surface area contributed by atoms with E-state index in [1.165, 1.54) is 24.0 Å². The van der Waals surface area contributed by atoms with E-state index in [0.29, 0.717) is 87.1 Å². The van der Waals surface area contributed by atoms with Gasteiger partial charge in [-0.05, 0) is 138 Å². The highest BCUT2D eigenvalue weighted by molar-refractivity contribution is 6.76. The molecule has 1 N–H and O–H groups in total. The average Bonchev–Trinajstić information content (AvgIpc) is 3.68. The number of carbonyl (C=O) groups excluding carboxylic acids is 3. The summed E-state index contributed by atoms with van der Waals surface area (Å²) in [6, 6.07) is 20.1. The van der Waals surface area contributed by atoms with E-state index in [1.807, 2.05) is 21.9 Å². The van der Waals surface area contributed by atoms with E-state index in [4.69, 9.17) is 14.2 Å². The van der Waals surface area contributed by atoms with Crippen LogP contribution in [0.4, 0.5) is 18.9 Å². The van der Waals surface area contributed by atoms with E-state index in [9.17, 15) is 32.3 Å². The Morgan fingerprint density at radius 3 is 2.31 bits per heavy atom. The summed E-state index contributed by atoms with van der Waals surface area (Å²) >= 11 is 0. The SMILES string of the molecule is COc1ccc([C@]2(CCN(Cc3ccc(C4=CC[C@H](CN5CCN(C(=O)c6ccc7c8c6NCCn8c(=O)n7C6CCC(=O)N(COCC[Si](C)(C)C)C6=O)CC5)CC4)cc3)CC(C)(C)C(F)(F)F)CCOC(C)(C)C2)cc1. The fourth-order valence-corrected chi connectivity index (χ4v) is 13.4. The van der Waals surface area contributed by atoms with Crippen LogP contribution in [0.5, 0.6) is 5.75 Å². The lowest BCUT2D eigenvalue weighted by Crippen LogP contribution is -2.50. The molecule has 1 aliphatic carbocycles. The molecule has 3 amide bonds. The molecule has 4 aliphatic heterocycles. The fraction of sp³-hybridized carbons (Fsp3) is 0.600. The monoisotopic (exact) mass is 1100 g/mol. The Hall–Kier alpha value is -5.27. The summed E-state index contributed by atoms with van der Waals surface area (Å²) < 4.78 is 64.0. The molecule has 0 saturated carbocycles. The number of likely N-dealkylation sites (tertiary alicyclic amines) is 1. The summed E-state index contributed by atoms with van der Waals surface area (Å²) in [7, 11) is 0.271. The van der Waals surface area contributed by atoms with Crippen molar-refractivity contribution in [2.75, 3.05) is 84.7 Å². The third kappa shape index (κ3) is 12.7. The molecule has 0 bridgehead atoms. The molecule has 0 radical (unpaired) electrons. The Morgan fingerprint density at radius 2 is 1.65 bits per heavy atom. The number of imidazole rings is 1. The Bertz CT molecular complexity index is 2900. The van der Waals surface area contributed by atoms with Gasteiger partial charge in [0, 0.05) is 92.0 Å². The summed E-state index contributed by atoms with van der Waals surface area (Å²) in [5, 5.41) is 3.41. The second kappa shape index (κ2) is 23.1. The number of methoxy groups -OCH3 is 1. The molecule has 78 heavy (non-hydrogen) atoms. The standard InChI is InChI=1S/C60H82F3N7O7Si/c1-57(2,60(61,62)63)40-66(28-25-59(26-34-77-58(3,4)39-59)46-17-19-47(75-5)20-18-46)38-43-11-15-45(16-12-43)44-13-9-42(10-14-44)37-65-30-32-67(33-31-65)54(72)48-21-22-49-53-52(48)64-27-29-68(53)56(74)70(49)50-23-24-51(71)69(55(50)73)41-76-35-36-78(6,7)8/h11-13,15-22,42,50,64H,9-10,14,23-41H2,1-8H3/t42-,50?,59+/m0/s1. The molecule has 9 rings (SSSR count). The highest BCUT2D eigenvalue weighted by Crippen LogP contribution is 2.46. The number of alkyl halides is 3. The van der Waals surface area contributed by atoms with E-state index < -0.39 is 31.6 Å². The van der Waals surface area contributed by atoms with Gasteiger partial charge in [-0.1, -0.05) is 62.1 Å². The van der Waals surface area contributed by atoms with Gasteiger partial charge in [-0.2, -0.15) is 13.2 Å². The number of nitrogens with zero attached hydrogens (tertiary/aromatic N) is 6. The van der Waals surface area contributed by atoms with Crippen LogP contribution in [-0.2, 0) is 37.6 Å². The number of rotatable bonds is 19. The van der Waals surface area contributed by atoms with Crippen LogP contribution in [0.1, 0.15) is 112 Å². The zero-order valence-electron chi connectivity index (χ0n) is 47.2. The van der Waals surface area contributed by atoms with Crippen LogP contribution >= 0.6 is 0 Å². The maximum absolute atomic E-state index is 14.5. The number of hydrogen-bond acceptors (Lipinski definition) is 10. The minimum atomic E-state index is -4.35. The minimum absolute atomic E-state index is 0.0972. The van der Waals surface area contributed by atoms with Crippen LogP contribution in [0, 0.1) is 11.3 Å². The number of piperidine rings is 1. The molecule has 18 heteroatoms. The predicted molar refractivity (Wildman–Crippen MR) is 302 cm³/mol. The van der Waals surface area contributed by atoms with Gasteiger partial charge in [-0.25, -0.2) is 4.79 Å². The average molecular weight is 1100 g/mol. The molecule has 5 heterocycles. The Kier molecular flexibility index (Phi) is 17.0. The van der Waals surface area contributed by atoms with Crippen molar-refractivity contribution >= 4 is 48.1 Å². The van der Waals surface area contributed by atoms with Gasteiger partial charge in [0.15, 0.2) is 0 Å². The number of halogens is 3. The molecule has 3 saturated heterocycles. The van der Waals surface area contributed by atoms with Crippen LogP contribution in [0.3, 0.4) is 0 Å². The van der Waals surface area contributed by atoms with Gasteiger partial charge in [0.2, 0.25) is 5.91 Å². The molecule has 3 atom stereocenters. The summed E-state index contributed by atoms with van der Waals surface area (Å²) in [6.07, 6.45) is 3.50. The molecule has 3 fully saturated rings. The van der Waals surface area contributed by atoms with Crippen molar-refractivity contribution in [3.63, 3.8) is 0 Å². The maximum Gasteiger partial charge on any atom is 0.395 e. The first kappa shape index (κ1) is 57.4. The van der Waals surface area contributed by atoms with Gasteiger partial charge in [-0.15, -0.1) is 0 Å². The number of allylic oxidation sites excluding steroid dienone is 2. The molecule has 1 unspecified atom stereocenters. The highest BCUT2D eigenvalue weighted by atomic mass is 28.3. The van der Waals surface area contributed by atoms with E-state index >= 15 is 0 Å². The molecule has 424 valence electrons. The number of carbonyl (C=O) groups is 3. The van der Waals surface area contributed by atoms with Crippen LogP contribution in [0.2, 0.25) is 25.7 Å². The zero-order chi connectivity index (χ0) is 55.8. The first-order chi connectivity index (χ1) is 36.9. The maximum atomic E-state index is 14.5. The quantitative estimate of drug-likeness (QED) is 0.0550. The van der Waals surface area contributed by atoms with E-state index in [-0.39, 0.29) is 54.6 Å². The van der Waals surface area contributed by atoms with Gasteiger partial charge in [0.25, 0.3) is 11.8 Å². The second-order valence-corrected chi connectivity index (χ2v) is 30.8. The van der Waals surface area contributed by atoms with Crippen molar-refractivity contribution in [1.82, 2.24) is 28.7 Å². The lowest BCUT2D eigenvalue weighted by atomic mass is 9.67. The molecule has 4 aromatic rings. The Balaban J connectivity index is 0.799. The van der Waals surface area contributed by atoms with Crippen LogP contribution < -0.4 is 15.7 Å². The first-order valence-electron chi connectivity index (χ1n) is 28.3. The lowest BCUT2D eigenvalue weighted by molar-refractivity contribution is -0.217. The third-order valence-electron chi connectivity index (χ3n) is 17.3. The van der Waals surface area contributed by atoms with Crippen molar-refractivity contribution < 1.29 is 41.8 Å². The predicted octanol–water partition coefficient (Wildman–Crippen LogP) is 10.2. The lowest BCUT2D eigenvalue weighted by Gasteiger charge is -2.46. The summed E-state index contributed by atoms with van der Waals surface area (Å²) in [5.74, 6) is 0.404. The number of piperazine rings is 1. The van der Waals surface area contributed by atoms with Crippen molar-refractivity contribution in [3.05, 3.63) is 99.5 Å². The van der Waals surface area contributed by atoms with Crippen LogP contribution in [0.15, 0.2) is 71.5 Å². The Morgan fingerprint density at radius 1 is 0.923 bits per heavy atom. The van der Waals surface area contributed by atoms with Crippen molar-refractivity contribution in [2.45, 2.75) is 141 Å². The number of anilines is 1. The van der Waals surface area contributed by atoms with Gasteiger partial charge in [0.05, 0.1) is 40.4 Å². The van der Waals surface area contributed by atoms with Crippen molar-refractivity contribution in [2.24, 2.45) is 11.3 Å². The third-order valence-corrected chi connectivity index (χ3v) is 19.0. The molecule has 0 spiro atoms. The van der Waals surface area contributed by atoms with Gasteiger partial charge >= 0.3 is 11.9 Å². The molecular formula is C60H82F3N7O7Si. The topological polar surface area (TPSA) is 131 Å². The molecule has 5 aliphatic rings. The van der Waals surface area contributed by atoms with Crippen LogP contribution in [-0.4, -0.2) is 146 Å². The van der Waals surface area contributed by atoms with Crippen molar-refractivity contribution in [3.8, 4) is 5.75 Å². The number of ether oxygens (including phenoxy) is 3. The largest absolute Gasteiger partial charge is 0.497 e. The smallest absolute Gasteiger partial charge is 0.395 e. The molecule has 3 aromatic carbocycles. The van der Waals surface area contributed by atoms with Gasteiger partial charge in [0.1, 0.15) is 18.5 Å². The summed E-state index contributed by atoms with van der Waals surface area (Å²) in [6.45, 7) is 19.7. The van der Waals surface area contributed by atoms with Crippen molar-refractivity contribution in [1.29, 1.82) is 0 Å².